The monoisotopic (exact) mass is 478 g/mol. The van der Waals surface area contributed by atoms with Gasteiger partial charge in [0.1, 0.15) is 6.10 Å². The lowest BCUT2D eigenvalue weighted by atomic mass is 9.48. The molecule has 1 aromatic rings. The lowest BCUT2D eigenvalue weighted by Crippen LogP contribution is -2.78. The Labute approximate surface area is 208 Å². The van der Waals surface area contributed by atoms with Gasteiger partial charge in [0.2, 0.25) is 5.91 Å². The molecule has 0 aromatic heterocycles. The molecule has 6 heteroatoms. The van der Waals surface area contributed by atoms with Gasteiger partial charge >= 0.3 is 0 Å². The van der Waals surface area contributed by atoms with E-state index >= 15 is 0 Å². The number of carbonyl (C=O) groups excluding carboxylic acids is 1. The molecule has 5 atom stereocenters. The van der Waals surface area contributed by atoms with E-state index in [2.05, 4.69) is 17.6 Å². The molecule has 188 valence electrons. The Morgan fingerprint density at radius 3 is 2.83 bits per heavy atom. The summed E-state index contributed by atoms with van der Waals surface area (Å²) >= 11 is 0. The highest BCUT2D eigenvalue weighted by Crippen LogP contribution is 2.65. The summed E-state index contributed by atoms with van der Waals surface area (Å²) in [5.74, 6) is 1.15. The summed E-state index contributed by atoms with van der Waals surface area (Å²) in [6, 6.07) is 3.52. The lowest BCUT2D eigenvalue weighted by Gasteiger charge is -2.64. The number of amides is 1. The van der Waals surface area contributed by atoms with Crippen LogP contribution in [0.15, 0.2) is 36.9 Å². The minimum atomic E-state index is -0.969. The van der Waals surface area contributed by atoms with Crippen molar-refractivity contribution >= 4 is 5.91 Å². The first kappa shape index (κ1) is 23.1. The highest BCUT2D eigenvalue weighted by atomic mass is 16.5. The molecule has 0 unspecified atom stereocenters. The maximum absolute atomic E-state index is 13.3. The number of likely N-dealkylation sites (tertiary alicyclic amines) is 1. The van der Waals surface area contributed by atoms with Crippen molar-refractivity contribution in [3.05, 3.63) is 48.1 Å². The molecule has 2 heterocycles. The van der Waals surface area contributed by atoms with Crippen LogP contribution in [-0.4, -0.2) is 69.8 Å². The largest absolute Gasteiger partial charge is 0.504 e. The van der Waals surface area contributed by atoms with E-state index in [4.69, 9.17) is 4.74 Å². The molecular formula is C29H38N2O4. The second kappa shape index (κ2) is 8.38. The van der Waals surface area contributed by atoms with Gasteiger partial charge in [-0.3, -0.25) is 9.69 Å². The molecule has 6 nitrogen and oxygen atoms in total. The topological polar surface area (TPSA) is 73.2 Å². The smallest absolute Gasteiger partial charge is 0.246 e. The molecule has 5 aliphatic rings. The van der Waals surface area contributed by atoms with Crippen molar-refractivity contribution in [2.24, 2.45) is 5.92 Å². The van der Waals surface area contributed by atoms with Crippen molar-refractivity contribution in [3.63, 3.8) is 0 Å². The van der Waals surface area contributed by atoms with E-state index < -0.39 is 11.0 Å². The summed E-state index contributed by atoms with van der Waals surface area (Å²) in [6.45, 7) is 5.51. The van der Waals surface area contributed by atoms with E-state index in [0.717, 1.165) is 37.1 Å². The number of hydrogen-bond acceptors (Lipinski definition) is 5. The number of likely N-dealkylation sites (N-methyl/N-ethyl adjacent to an activating group) is 1. The zero-order valence-electron chi connectivity index (χ0n) is 20.8. The molecule has 6 rings (SSSR count). The molecule has 35 heavy (non-hydrogen) atoms. The van der Waals surface area contributed by atoms with Crippen molar-refractivity contribution in [3.8, 4) is 11.5 Å². The van der Waals surface area contributed by atoms with Gasteiger partial charge in [-0.05, 0) is 68.7 Å². The Kier molecular flexibility index (Phi) is 5.53. The normalized spacial score (nSPS) is 36.0. The zero-order chi connectivity index (χ0) is 24.4. The first-order chi connectivity index (χ1) is 16.9. The number of phenolic OH excluding ortho intramolecular Hbond substituents is 1. The van der Waals surface area contributed by atoms with E-state index in [1.807, 2.05) is 24.1 Å². The van der Waals surface area contributed by atoms with Crippen LogP contribution in [-0.2, 0) is 16.6 Å². The second-order valence-electron chi connectivity index (χ2n) is 11.4. The zero-order valence-corrected chi connectivity index (χ0v) is 20.8. The first-order valence-electron chi connectivity index (χ1n) is 13.4. The number of aromatic hydroxyl groups is 1. The van der Waals surface area contributed by atoms with Gasteiger partial charge in [-0.25, -0.2) is 0 Å². The van der Waals surface area contributed by atoms with Gasteiger partial charge in [-0.1, -0.05) is 37.5 Å². The third-order valence-corrected chi connectivity index (χ3v) is 9.91. The number of piperidine rings is 1. The van der Waals surface area contributed by atoms with Crippen LogP contribution >= 0.6 is 0 Å². The fourth-order valence-electron chi connectivity index (χ4n) is 8.21. The summed E-state index contributed by atoms with van der Waals surface area (Å²) in [5, 5.41) is 23.2. The molecule has 3 fully saturated rings. The summed E-state index contributed by atoms with van der Waals surface area (Å²) in [5.41, 5.74) is 0.545. The molecule has 1 spiro atoms. The third kappa shape index (κ3) is 3.18. The highest BCUT2D eigenvalue weighted by Gasteiger charge is 2.73. The van der Waals surface area contributed by atoms with E-state index in [9.17, 15) is 15.0 Å². The van der Waals surface area contributed by atoms with Crippen molar-refractivity contribution in [2.75, 3.05) is 20.1 Å². The maximum Gasteiger partial charge on any atom is 0.246 e. The van der Waals surface area contributed by atoms with E-state index in [1.165, 1.54) is 32.1 Å². The van der Waals surface area contributed by atoms with Crippen molar-refractivity contribution in [2.45, 2.75) is 87.0 Å². The van der Waals surface area contributed by atoms with Gasteiger partial charge < -0.3 is 19.8 Å². The molecule has 2 saturated carbocycles. The van der Waals surface area contributed by atoms with Crippen LogP contribution in [0.3, 0.4) is 0 Å². The second-order valence-corrected chi connectivity index (χ2v) is 11.4. The number of allylic oxidation sites excluding steroid dienone is 1. The van der Waals surface area contributed by atoms with Gasteiger partial charge in [0.05, 0.1) is 17.1 Å². The van der Waals surface area contributed by atoms with E-state index in [1.54, 1.807) is 12.1 Å². The SMILES string of the molecule is C=CCN1CC[C@]23c4c5ccc(O)c4O[C@H]2[C@@H](N(C)C(=O)/C=C/C2CCCCC2)CC[C@@]3(O)[C@H]1C5. The third-order valence-electron chi connectivity index (χ3n) is 9.91. The van der Waals surface area contributed by atoms with Crippen LogP contribution in [0.5, 0.6) is 11.5 Å². The molecule has 2 N–H and O–H groups in total. The molecule has 0 radical (unpaired) electrons. The number of nitrogens with zero attached hydrogens (tertiary/aromatic N) is 2. The fourth-order valence-corrected chi connectivity index (χ4v) is 8.21. The number of rotatable bonds is 5. The molecule has 1 saturated heterocycles. The predicted octanol–water partition coefficient (Wildman–Crippen LogP) is 3.70. The van der Waals surface area contributed by atoms with Crippen LogP contribution in [0.2, 0.25) is 0 Å². The van der Waals surface area contributed by atoms with Crippen LogP contribution in [0, 0.1) is 5.92 Å². The van der Waals surface area contributed by atoms with E-state index in [0.29, 0.717) is 24.5 Å². The fraction of sp³-hybridized carbons (Fsp3) is 0.621. The average Bonchev–Trinajstić information content (AvgIpc) is 3.22. The van der Waals surface area contributed by atoms with Gasteiger partial charge in [0.15, 0.2) is 11.5 Å². The number of aliphatic hydroxyl groups is 1. The Balaban J connectivity index is 1.36. The summed E-state index contributed by atoms with van der Waals surface area (Å²) in [4.78, 5) is 17.5. The molecule has 2 bridgehead atoms. The van der Waals surface area contributed by atoms with Crippen molar-refractivity contribution < 1.29 is 19.7 Å². The first-order valence-corrected chi connectivity index (χ1v) is 13.4. The summed E-state index contributed by atoms with van der Waals surface area (Å²) in [6.07, 6.45) is 14.3. The molecular weight excluding hydrogens is 440 g/mol. The number of hydrogen-bond donors (Lipinski definition) is 2. The lowest BCUT2D eigenvalue weighted by molar-refractivity contribution is -0.198. The van der Waals surface area contributed by atoms with Gasteiger partial charge in [0.25, 0.3) is 0 Å². The molecule has 1 amide bonds. The number of carbonyl (C=O) groups is 1. The minimum Gasteiger partial charge on any atom is -0.504 e. The van der Waals surface area contributed by atoms with Gasteiger partial charge in [-0.2, -0.15) is 0 Å². The minimum absolute atomic E-state index is 0.00266. The van der Waals surface area contributed by atoms with Crippen LogP contribution in [0.25, 0.3) is 0 Å². The molecule has 1 aromatic carbocycles. The predicted molar refractivity (Wildman–Crippen MR) is 135 cm³/mol. The Hall–Kier alpha value is -2.31. The highest BCUT2D eigenvalue weighted by molar-refractivity contribution is 5.87. The Bertz CT molecular complexity index is 1060. The average molecular weight is 479 g/mol. The quantitative estimate of drug-likeness (QED) is 0.499. The van der Waals surface area contributed by atoms with Crippen LogP contribution < -0.4 is 4.74 Å². The molecule has 2 aliphatic heterocycles. The Morgan fingerprint density at radius 1 is 1.26 bits per heavy atom. The van der Waals surface area contributed by atoms with Crippen LogP contribution in [0.4, 0.5) is 0 Å². The van der Waals surface area contributed by atoms with E-state index in [-0.39, 0.29) is 29.8 Å². The number of ether oxygens (including phenoxy) is 1. The van der Waals surface area contributed by atoms with Crippen molar-refractivity contribution in [1.82, 2.24) is 9.80 Å². The standard InChI is InChI=1S/C29H38N2O4/c1-3-16-31-17-15-28-25-20-10-11-22(32)26(25)35-27(28)21(13-14-29(28,34)23(31)18-20)30(2)24(33)12-9-19-7-5-4-6-8-19/h3,9-12,19,21,23,27,32,34H,1,4-8,13-18H2,2H3/b12-9+/t21-,23+,27-,28-,29+/m0/s1. The van der Waals surface area contributed by atoms with Crippen LogP contribution in [0.1, 0.15) is 62.5 Å². The summed E-state index contributed by atoms with van der Waals surface area (Å²) < 4.78 is 6.58. The van der Waals surface area contributed by atoms with Gasteiger partial charge in [0, 0.05) is 25.2 Å². The summed E-state index contributed by atoms with van der Waals surface area (Å²) in [7, 11) is 1.87. The van der Waals surface area contributed by atoms with Crippen molar-refractivity contribution in [1.29, 1.82) is 0 Å². The Morgan fingerprint density at radius 2 is 2.06 bits per heavy atom. The molecule has 3 aliphatic carbocycles. The van der Waals surface area contributed by atoms with Gasteiger partial charge in [-0.15, -0.1) is 6.58 Å². The number of benzene rings is 1. The maximum atomic E-state index is 13.3. The number of phenols is 1.